The van der Waals surface area contributed by atoms with Gasteiger partial charge in [0.25, 0.3) is 5.91 Å². The van der Waals surface area contributed by atoms with Gasteiger partial charge in [-0.1, -0.05) is 53.2 Å². The van der Waals surface area contributed by atoms with Crippen molar-refractivity contribution >= 4 is 27.7 Å². The summed E-state index contributed by atoms with van der Waals surface area (Å²) in [5.41, 5.74) is 7.09. The van der Waals surface area contributed by atoms with Gasteiger partial charge < -0.3 is 4.74 Å². The van der Waals surface area contributed by atoms with Gasteiger partial charge in [-0.15, -0.1) is 0 Å². The molecule has 0 spiro atoms. The molecule has 3 rings (SSSR count). The maximum atomic E-state index is 12.2. The van der Waals surface area contributed by atoms with Crippen LogP contribution >= 0.6 is 15.9 Å². The molecule has 5 nitrogen and oxygen atoms in total. The summed E-state index contributed by atoms with van der Waals surface area (Å²) >= 11 is 3.44. The first-order chi connectivity index (χ1) is 12.6. The summed E-state index contributed by atoms with van der Waals surface area (Å²) in [6.07, 6.45) is 1.62. The molecule has 2 N–H and O–H groups in total. The molecule has 2 unspecified atom stereocenters. The molecule has 1 aliphatic carbocycles. The van der Waals surface area contributed by atoms with E-state index in [2.05, 4.69) is 26.8 Å². The summed E-state index contributed by atoms with van der Waals surface area (Å²) < 4.78 is 6.53. The minimum absolute atomic E-state index is 0.105. The third-order valence-corrected chi connectivity index (χ3v) is 4.93. The highest BCUT2D eigenvalue weighted by atomic mass is 79.9. The lowest BCUT2D eigenvalue weighted by Crippen LogP contribution is -2.44. The van der Waals surface area contributed by atoms with Crippen molar-refractivity contribution in [2.45, 2.75) is 25.7 Å². The standard InChI is InChI=1S/C20H21BrN2O3/c1-2-13-6-3-4-9-18(13)26-12-19(24)22-23-20(25)17-11-16(17)14-7-5-8-15(21)10-14/h3-10,16-17H,2,11-12H2,1H3,(H,22,24)(H,23,25). The van der Waals surface area contributed by atoms with Crippen molar-refractivity contribution in [3.05, 3.63) is 64.1 Å². The Balaban J connectivity index is 1.43. The van der Waals surface area contributed by atoms with Crippen molar-refractivity contribution in [1.82, 2.24) is 10.9 Å². The Morgan fingerprint density at radius 2 is 1.96 bits per heavy atom. The van der Waals surface area contributed by atoms with E-state index in [1.165, 1.54) is 0 Å². The summed E-state index contributed by atoms with van der Waals surface area (Å²) in [6, 6.07) is 15.5. The summed E-state index contributed by atoms with van der Waals surface area (Å²) in [7, 11) is 0. The number of carbonyl (C=O) groups excluding carboxylic acids is 2. The molecule has 0 bridgehead atoms. The van der Waals surface area contributed by atoms with Crippen molar-refractivity contribution in [3.63, 3.8) is 0 Å². The third-order valence-electron chi connectivity index (χ3n) is 4.44. The normalized spacial score (nSPS) is 18.1. The summed E-state index contributed by atoms with van der Waals surface area (Å²) in [5.74, 6) is 0.234. The van der Waals surface area contributed by atoms with E-state index in [1.807, 2.05) is 55.5 Å². The van der Waals surface area contributed by atoms with Crippen molar-refractivity contribution < 1.29 is 14.3 Å². The topological polar surface area (TPSA) is 67.4 Å². The maximum absolute atomic E-state index is 12.2. The highest BCUT2D eigenvalue weighted by molar-refractivity contribution is 9.10. The van der Waals surface area contributed by atoms with E-state index in [0.717, 1.165) is 28.4 Å². The van der Waals surface area contributed by atoms with Crippen molar-refractivity contribution in [2.24, 2.45) is 5.92 Å². The zero-order valence-electron chi connectivity index (χ0n) is 14.5. The van der Waals surface area contributed by atoms with Gasteiger partial charge in [-0.2, -0.15) is 0 Å². The van der Waals surface area contributed by atoms with E-state index in [9.17, 15) is 9.59 Å². The Bertz CT molecular complexity index is 809. The predicted octanol–water partition coefficient (Wildman–Crippen LogP) is 3.34. The first kappa shape index (κ1) is 18.5. The van der Waals surface area contributed by atoms with Gasteiger partial charge in [-0.05, 0) is 48.1 Å². The minimum atomic E-state index is -0.385. The quantitative estimate of drug-likeness (QED) is 0.709. The average molecular weight is 417 g/mol. The highest BCUT2D eigenvalue weighted by Gasteiger charge is 2.44. The molecule has 1 fully saturated rings. The minimum Gasteiger partial charge on any atom is -0.483 e. The number of halogens is 1. The summed E-state index contributed by atoms with van der Waals surface area (Å²) in [5, 5.41) is 0. The SMILES string of the molecule is CCc1ccccc1OCC(=O)NNC(=O)C1CC1c1cccc(Br)c1. The summed E-state index contributed by atoms with van der Waals surface area (Å²) in [4.78, 5) is 24.1. The van der Waals surface area contributed by atoms with Crippen LogP contribution in [-0.4, -0.2) is 18.4 Å². The number of benzene rings is 2. The van der Waals surface area contributed by atoms with Crippen LogP contribution in [0.4, 0.5) is 0 Å². The molecule has 0 heterocycles. The Labute approximate surface area is 161 Å². The van der Waals surface area contributed by atoms with Crippen LogP contribution in [0.25, 0.3) is 0 Å². The molecule has 6 heteroatoms. The fourth-order valence-electron chi connectivity index (χ4n) is 2.93. The van der Waals surface area contributed by atoms with Gasteiger partial charge in [-0.3, -0.25) is 20.4 Å². The third kappa shape index (κ3) is 4.64. The van der Waals surface area contributed by atoms with E-state index in [1.54, 1.807) is 0 Å². The van der Waals surface area contributed by atoms with Crippen LogP contribution in [-0.2, 0) is 16.0 Å². The van der Waals surface area contributed by atoms with Gasteiger partial charge in [0.1, 0.15) is 5.75 Å². The molecule has 2 aromatic carbocycles. The number of ether oxygens (including phenoxy) is 1. The van der Waals surface area contributed by atoms with E-state index in [0.29, 0.717) is 5.75 Å². The van der Waals surface area contributed by atoms with Crippen molar-refractivity contribution in [3.8, 4) is 5.75 Å². The molecule has 26 heavy (non-hydrogen) atoms. The molecule has 136 valence electrons. The number of aryl methyl sites for hydroxylation is 1. The van der Waals surface area contributed by atoms with Gasteiger partial charge in [-0.25, -0.2) is 0 Å². The number of hydrogen-bond acceptors (Lipinski definition) is 3. The number of carbonyl (C=O) groups is 2. The molecule has 1 aliphatic rings. The van der Waals surface area contributed by atoms with Crippen LogP contribution in [0.3, 0.4) is 0 Å². The number of amides is 2. The van der Waals surface area contributed by atoms with Crippen LogP contribution in [0.15, 0.2) is 53.0 Å². The number of rotatable bonds is 6. The molecule has 0 radical (unpaired) electrons. The number of nitrogens with one attached hydrogen (secondary N) is 2. The zero-order chi connectivity index (χ0) is 18.5. The van der Waals surface area contributed by atoms with E-state index in [4.69, 9.17) is 4.74 Å². The Kier molecular flexibility index (Phi) is 5.93. The van der Waals surface area contributed by atoms with Gasteiger partial charge in [0.15, 0.2) is 6.61 Å². The van der Waals surface area contributed by atoms with Gasteiger partial charge in [0.05, 0.1) is 0 Å². The molecule has 0 aromatic heterocycles. The van der Waals surface area contributed by atoms with Crippen LogP contribution < -0.4 is 15.6 Å². The summed E-state index contributed by atoms with van der Waals surface area (Å²) in [6.45, 7) is 1.89. The highest BCUT2D eigenvalue weighted by Crippen LogP contribution is 2.47. The van der Waals surface area contributed by atoms with Gasteiger partial charge >= 0.3 is 0 Å². The Morgan fingerprint density at radius 3 is 2.73 bits per heavy atom. The van der Waals surface area contributed by atoms with E-state index in [-0.39, 0.29) is 30.3 Å². The molecular weight excluding hydrogens is 396 g/mol. The maximum Gasteiger partial charge on any atom is 0.276 e. The van der Waals surface area contributed by atoms with E-state index < -0.39 is 0 Å². The Hall–Kier alpha value is -2.34. The first-order valence-corrected chi connectivity index (χ1v) is 9.42. The molecule has 1 saturated carbocycles. The number of hydrazine groups is 1. The molecule has 0 aliphatic heterocycles. The van der Waals surface area contributed by atoms with Crippen LogP contribution in [0.5, 0.6) is 5.75 Å². The lowest BCUT2D eigenvalue weighted by atomic mass is 10.1. The van der Waals surface area contributed by atoms with Gasteiger partial charge in [0.2, 0.25) is 5.91 Å². The van der Waals surface area contributed by atoms with Crippen LogP contribution in [0.1, 0.15) is 30.4 Å². The fourth-order valence-corrected chi connectivity index (χ4v) is 3.35. The fraction of sp³-hybridized carbons (Fsp3) is 0.300. The molecular formula is C20H21BrN2O3. The molecule has 0 saturated heterocycles. The second kappa shape index (κ2) is 8.36. The zero-order valence-corrected chi connectivity index (χ0v) is 16.1. The van der Waals surface area contributed by atoms with Crippen LogP contribution in [0.2, 0.25) is 0 Å². The number of hydrogen-bond donors (Lipinski definition) is 2. The van der Waals surface area contributed by atoms with Crippen molar-refractivity contribution in [1.29, 1.82) is 0 Å². The number of para-hydroxylation sites is 1. The first-order valence-electron chi connectivity index (χ1n) is 8.63. The second-order valence-electron chi connectivity index (χ2n) is 6.29. The Morgan fingerprint density at radius 1 is 1.15 bits per heavy atom. The smallest absolute Gasteiger partial charge is 0.276 e. The lowest BCUT2D eigenvalue weighted by Gasteiger charge is -2.11. The van der Waals surface area contributed by atoms with Crippen molar-refractivity contribution in [2.75, 3.05) is 6.61 Å². The van der Waals surface area contributed by atoms with Gasteiger partial charge in [0, 0.05) is 10.4 Å². The molecule has 2 amide bonds. The molecule has 2 aromatic rings. The monoisotopic (exact) mass is 416 g/mol. The van der Waals surface area contributed by atoms with E-state index >= 15 is 0 Å². The lowest BCUT2D eigenvalue weighted by molar-refractivity contribution is -0.130. The predicted molar refractivity (Wildman–Crippen MR) is 103 cm³/mol. The molecule has 2 atom stereocenters. The average Bonchev–Trinajstić information content (AvgIpc) is 3.45. The van der Waals surface area contributed by atoms with Crippen LogP contribution in [0, 0.1) is 5.92 Å². The second-order valence-corrected chi connectivity index (χ2v) is 7.21. The largest absolute Gasteiger partial charge is 0.483 e.